The van der Waals surface area contributed by atoms with Crippen molar-refractivity contribution in [1.82, 2.24) is 9.29 Å². The summed E-state index contributed by atoms with van der Waals surface area (Å²) in [6.07, 6.45) is 4.79. The van der Waals surface area contributed by atoms with Crippen LogP contribution >= 0.6 is 0 Å². The zero-order valence-corrected chi connectivity index (χ0v) is 10.0. The van der Waals surface area contributed by atoms with Gasteiger partial charge in [0.1, 0.15) is 0 Å². The molecule has 2 rings (SSSR count). The average Bonchev–Trinajstić information content (AvgIpc) is 2.29. The van der Waals surface area contributed by atoms with Crippen LogP contribution < -0.4 is 4.90 Å². The molecule has 6 heteroatoms. The lowest BCUT2D eigenvalue weighted by molar-refractivity contribution is 0.388. The molecule has 0 aromatic carbocycles. The molecule has 0 N–H and O–H groups in total. The summed E-state index contributed by atoms with van der Waals surface area (Å²) in [6, 6.07) is 3.88. The highest BCUT2D eigenvalue weighted by molar-refractivity contribution is 7.88. The van der Waals surface area contributed by atoms with Gasteiger partial charge < -0.3 is 4.90 Å². The molecule has 1 fully saturated rings. The molecule has 16 heavy (non-hydrogen) atoms. The van der Waals surface area contributed by atoms with E-state index >= 15 is 0 Å². The lowest BCUT2D eigenvalue weighted by atomic mass is 10.3. The predicted octanol–water partition coefficient (Wildman–Crippen LogP) is 0.163. The first-order chi connectivity index (χ1) is 7.57. The minimum absolute atomic E-state index is 0.549. The van der Waals surface area contributed by atoms with E-state index in [1.54, 1.807) is 12.4 Å². The van der Waals surface area contributed by atoms with Gasteiger partial charge in [-0.05, 0) is 12.1 Å². The van der Waals surface area contributed by atoms with Crippen LogP contribution in [0.15, 0.2) is 24.5 Å². The Morgan fingerprint density at radius 1 is 1.25 bits per heavy atom. The number of hydrogen-bond donors (Lipinski definition) is 0. The van der Waals surface area contributed by atoms with E-state index in [2.05, 4.69) is 9.88 Å². The Balaban J connectivity index is 2.01. The molecule has 0 spiro atoms. The molecule has 5 nitrogen and oxygen atoms in total. The first-order valence-corrected chi connectivity index (χ1v) is 7.02. The molecule has 0 amide bonds. The van der Waals surface area contributed by atoms with Gasteiger partial charge in [0.05, 0.1) is 18.1 Å². The van der Waals surface area contributed by atoms with E-state index in [1.807, 2.05) is 12.1 Å². The topological polar surface area (TPSA) is 53.5 Å². The van der Waals surface area contributed by atoms with Crippen molar-refractivity contribution in [2.45, 2.75) is 0 Å². The highest BCUT2D eigenvalue weighted by Crippen LogP contribution is 2.15. The van der Waals surface area contributed by atoms with Crippen LogP contribution in [0.3, 0.4) is 0 Å². The highest BCUT2D eigenvalue weighted by atomic mass is 32.2. The smallest absolute Gasteiger partial charge is 0.211 e. The van der Waals surface area contributed by atoms with Crippen molar-refractivity contribution in [3.8, 4) is 0 Å². The van der Waals surface area contributed by atoms with E-state index in [0.717, 1.165) is 18.8 Å². The third-order valence-electron chi connectivity index (χ3n) is 2.72. The molecule has 88 valence electrons. The number of rotatable bonds is 2. The Kier molecular flexibility index (Phi) is 3.11. The molecular weight excluding hydrogens is 226 g/mol. The van der Waals surface area contributed by atoms with Crippen molar-refractivity contribution in [2.24, 2.45) is 0 Å². The molecule has 0 radical (unpaired) electrons. The summed E-state index contributed by atoms with van der Waals surface area (Å²) in [5, 5.41) is 0. The molecule has 0 saturated carbocycles. The third kappa shape index (κ3) is 2.51. The molecule has 0 atom stereocenters. The normalized spacial score (nSPS) is 18.7. The first-order valence-electron chi connectivity index (χ1n) is 5.17. The lowest BCUT2D eigenvalue weighted by Crippen LogP contribution is -2.48. The van der Waals surface area contributed by atoms with Crippen LogP contribution in [0.2, 0.25) is 0 Å². The minimum Gasteiger partial charge on any atom is -0.368 e. The molecule has 0 bridgehead atoms. The second-order valence-corrected chi connectivity index (χ2v) is 5.84. The summed E-state index contributed by atoms with van der Waals surface area (Å²) in [5.74, 6) is 0. The Hall–Kier alpha value is -1.14. The van der Waals surface area contributed by atoms with Crippen molar-refractivity contribution in [3.05, 3.63) is 24.5 Å². The number of pyridine rings is 1. The molecule has 0 aliphatic carbocycles. The fourth-order valence-electron chi connectivity index (χ4n) is 1.82. The predicted molar refractivity (Wildman–Crippen MR) is 62.9 cm³/mol. The number of piperazine rings is 1. The standard InChI is InChI=1S/C10H15N3O2S/c1-16(14,15)13-7-5-12(6-8-13)10-3-2-4-11-9-10/h2-4,9H,5-8H2,1H3. The van der Waals surface area contributed by atoms with Crippen LogP contribution in [0.1, 0.15) is 0 Å². The lowest BCUT2D eigenvalue weighted by Gasteiger charge is -2.34. The molecule has 1 aliphatic heterocycles. The van der Waals surface area contributed by atoms with Crippen LogP contribution in [0.4, 0.5) is 5.69 Å². The van der Waals surface area contributed by atoms with E-state index in [0.29, 0.717) is 13.1 Å². The summed E-state index contributed by atoms with van der Waals surface area (Å²) < 4.78 is 24.2. The van der Waals surface area contributed by atoms with Crippen LogP contribution in [0, 0.1) is 0 Å². The summed E-state index contributed by atoms with van der Waals surface area (Å²) in [6.45, 7) is 2.54. The van der Waals surface area contributed by atoms with Gasteiger partial charge in [0.15, 0.2) is 0 Å². The molecule has 1 saturated heterocycles. The van der Waals surface area contributed by atoms with Crippen LogP contribution in [-0.4, -0.2) is 50.1 Å². The summed E-state index contributed by atoms with van der Waals surface area (Å²) in [7, 11) is -3.04. The van der Waals surface area contributed by atoms with Gasteiger partial charge in [0, 0.05) is 32.4 Å². The van der Waals surface area contributed by atoms with Crippen molar-refractivity contribution < 1.29 is 8.42 Å². The van der Waals surface area contributed by atoms with Crippen molar-refractivity contribution in [2.75, 3.05) is 37.3 Å². The van der Waals surface area contributed by atoms with Crippen molar-refractivity contribution >= 4 is 15.7 Å². The van der Waals surface area contributed by atoms with Crippen molar-refractivity contribution in [3.63, 3.8) is 0 Å². The average molecular weight is 241 g/mol. The SMILES string of the molecule is CS(=O)(=O)N1CCN(c2cccnc2)CC1. The van der Waals surface area contributed by atoms with Gasteiger partial charge in [0.2, 0.25) is 10.0 Å². The molecule has 1 aromatic rings. The van der Waals surface area contributed by atoms with E-state index in [4.69, 9.17) is 0 Å². The maximum absolute atomic E-state index is 11.3. The van der Waals surface area contributed by atoms with Crippen LogP contribution in [0.25, 0.3) is 0 Å². The fourth-order valence-corrected chi connectivity index (χ4v) is 2.65. The second kappa shape index (κ2) is 4.39. The molecule has 1 aliphatic rings. The quantitative estimate of drug-likeness (QED) is 0.740. The van der Waals surface area contributed by atoms with Crippen LogP contribution in [-0.2, 0) is 10.0 Å². The van der Waals surface area contributed by atoms with Gasteiger partial charge in [-0.25, -0.2) is 8.42 Å². The zero-order valence-electron chi connectivity index (χ0n) is 9.20. The van der Waals surface area contributed by atoms with Gasteiger partial charge in [-0.3, -0.25) is 4.98 Å². The Bertz CT molecular complexity index is 438. The van der Waals surface area contributed by atoms with E-state index in [9.17, 15) is 8.42 Å². The number of aromatic nitrogens is 1. The zero-order chi connectivity index (χ0) is 11.6. The van der Waals surface area contributed by atoms with Gasteiger partial charge >= 0.3 is 0 Å². The van der Waals surface area contributed by atoms with Gasteiger partial charge in [-0.1, -0.05) is 0 Å². The third-order valence-corrected chi connectivity index (χ3v) is 4.02. The molecule has 2 heterocycles. The Morgan fingerprint density at radius 3 is 2.44 bits per heavy atom. The molecule has 0 unspecified atom stereocenters. The number of anilines is 1. The van der Waals surface area contributed by atoms with Gasteiger partial charge in [-0.2, -0.15) is 4.31 Å². The van der Waals surface area contributed by atoms with Crippen molar-refractivity contribution in [1.29, 1.82) is 0 Å². The minimum atomic E-state index is -3.04. The maximum atomic E-state index is 11.3. The summed E-state index contributed by atoms with van der Waals surface area (Å²) >= 11 is 0. The fraction of sp³-hybridized carbons (Fsp3) is 0.500. The summed E-state index contributed by atoms with van der Waals surface area (Å²) in [4.78, 5) is 6.20. The second-order valence-electron chi connectivity index (χ2n) is 3.86. The number of nitrogens with zero attached hydrogens (tertiary/aromatic N) is 3. The maximum Gasteiger partial charge on any atom is 0.211 e. The Labute approximate surface area is 95.8 Å². The van der Waals surface area contributed by atoms with E-state index < -0.39 is 10.0 Å². The monoisotopic (exact) mass is 241 g/mol. The largest absolute Gasteiger partial charge is 0.368 e. The Morgan fingerprint density at radius 2 is 1.94 bits per heavy atom. The van der Waals surface area contributed by atoms with Crippen LogP contribution in [0.5, 0.6) is 0 Å². The number of sulfonamides is 1. The van der Waals surface area contributed by atoms with E-state index in [-0.39, 0.29) is 0 Å². The van der Waals surface area contributed by atoms with E-state index in [1.165, 1.54) is 10.6 Å². The van der Waals surface area contributed by atoms with Gasteiger partial charge in [-0.15, -0.1) is 0 Å². The summed E-state index contributed by atoms with van der Waals surface area (Å²) in [5.41, 5.74) is 1.05. The first kappa shape index (κ1) is 11.3. The number of hydrogen-bond acceptors (Lipinski definition) is 4. The highest BCUT2D eigenvalue weighted by Gasteiger charge is 2.23. The molecule has 1 aromatic heterocycles. The molecular formula is C10H15N3O2S. The van der Waals surface area contributed by atoms with Gasteiger partial charge in [0.25, 0.3) is 0 Å².